The number of unbranched alkanes of at least 4 members (excludes halogenated alkanes) is 24. The quantitative estimate of drug-likeness (QED) is 0.0287. The number of quaternary nitrogens is 1. The van der Waals surface area contributed by atoms with Gasteiger partial charge in [0.05, 0.1) is 39.9 Å². The number of esters is 2. The van der Waals surface area contributed by atoms with Gasteiger partial charge in [0.1, 0.15) is 19.8 Å². The molecule has 0 aromatic rings. The van der Waals surface area contributed by atoms with Crippen molar-refractivity contribution < 1.29 is 54.4 Å². The molecule has 0 amide bonds. The second kappa shape index (κ2) is 33.8. The van der Waals surface area contributed by atoms with Crippen molar-refractivity contribution in [2.45, 2.75) is 200 Å². The number of hydrogen-bond donors (Lipinski definition) is 1. The Morgan fingerprint density at radius 3 is 1.36 bits per heavy atom. The molecule has 0 fully saturated rings. The third kappa shape index (κ3) is 36.8. The first-order valence-electron chi connectivity index (χ1n) is 24.6. The summed E-state index contributed by atoms with van der Waals surface area (Å²) in [4.78, 5) is 35.6. The number of carbonyl (C=O) groups is 2. The van der Waals surface area contributed by atoms with E-state index in [1.807, 2.05) is 0 Å². The maximum Gasteiger partial charge on any atom is 0.472 e. The van der Waals surface area contributed by atoms with E-state index in [9.17, 15) is 19.0 Å². The zero-order valence-corrected chi connectivity index (χ0v) is 32.8. The van der Waals surface area contributed by atoms with Crippen LogP contribution in [0.3, 0.4) is 0 Å². The van der Waals surface area contributed by atoms with E-state index in [-0.39, 0.29) is 12.8 Å². The molecule has 0 aliphatic rings. The summed E-state index contributed by atoms with van der Waals surface area (Å²) >= 11 is 0. The molecule has 0 heterocycles. The van der Waals surface area contributed by atoms with E-state index in [0.29, 0.717) is 12.8 Å². The van der Waals surface area contributed by atoms with Gasteiger partial charge in [-0.1, -0.05) is 168 Å². The van der Waals surface area contributed by atoms with Crippen molar-refractivity contribution in [2.24, 2.45) is 0 Å². The number of likely N-dealkylation sites (N-methyl/N-ethyl adjacent to an activating group) is 1. The van der Waals surface area contributed by atoms with E-state index in [4.69, 9.17) is 30.9 Å². The van der Waals surface area contributed by atoms with E-state index >= 15 is 0 Å². The third-order valence-electron chi connectivity index (χ3n) is 8.80. The average Bonchev–Trinajstić information content (AvgIpc) is 3.13. The van der Waals surface area contributed by atoms with Crippen LogP contribution in [0.5, 0.6) is 0 Å². The van der Waals surface area contributed by atoms with Crippen molar-refractivity contribution in [1.82, 2.24) is 0 Å². The second-order valence-corrected chi connectivity index (χ2v) is 15.4. The normalized spacial score (nSPS) is 17.1. The fraction of sp³-hybridized carbons (Fsp3) is 0.950. The molecule has 298 valence electrons. The molecule has 10 heteroatoms. The molecule has 0 rings (SSSR count). The second-order valence-electron chi connectivity index (χ2n) is 13.9. The minimum absolute atomic E-state index is 0.0772. The lowest BCUT2D eigenvalue weighted by atomic mass is 10.0. The maximum absolute atomic E-state index is 12.8. The molecule has 0 radical (unpaired) electrons. The SMILES string of the molecule is [3H]C([3H])([3H])[N+](CCOP(=O)(O)OC[C@@H](COC(=O)CCCCCCCCCCCCCCC)OC(=O)CCCCCCCCCCCCCCC)(C([3H])([3H])[3H])C([3H])([3H])[3H]. The van der Waals surface area contributed by atoms with E-state index in [0.717, 1.165) is 44.9 Å². The third-order valence-corrected chi connectivity index (χ3v) is 9.79. The molecule has 0 spiro atoms. The summed E-state index contributed by atoms with van der Waals surface area (Å²) in [5.41, 5.74) is 0. The molecule has 0 bridgehead atoms. The monoisotopic (exact) mass is 753 g/mol. The number of phosphoric acid groups is 1. The van der Waals surface area contributed by atoms with Crippen LogP contribution in [0.4, 0.5) is 0 Å². The highest BCUT2D eigenvalue weighted by Gasteiger charge is 2.27. The Kier molecular flexibility index (Phi) is 23.5. The van der Waals surface area contributed by atoms with Crippen LogP contribution in [0.25, 0.3) is 0 Å². The van der Waals surface area contributed by atoms with Gasteiger partial charge in [-0.2, -0.15) is 0 Å². The Balaban J connectivity index is 4.99. The Morgan fingerprint density at radius 1 is 0.580 bits per heavy atom. The van der Waals surface area contributed by atoms with Gasteiger partial charge in [0.25, 0.3) is 0 Å². The van der Waals surface area contributed by atoms with Crippen molar-refractivity contribution >= 4 is 19.8 Å². The predicted octanol–water partition coefficient (Wildman–Crippen LogP) is 11.2. The van der Waals surface area contributed by atoms with Crippen LogP contribution in [0.1, 0.15) is 206 Å². The molecule has 1 unspecified atom stereocenters. The summed E-state index contributed by atoms with van der Waals surface area (Å²) in [6, 6.07) is 0. The highest BCUT2D eigenvalue weighted by Crippen LogP contribution is 2.43. The number of phosphoric ester groups is 1. The Labute approximate surface area is 321 Å². The zero-order chi connectivity index (χ0) is 44.7. The minimum Gasteiger partial charge on any atom is -0.462 e. The summed E-state index contributed by atoms with van der Waals surface area (Å²) in [6.07, 6.45) is 28.8. The number of carbonyl (C=O) groups excluding carboxylic acids is 2. The van der Waals surface area contributed by atoms with Gasteiger partial charge >= 0.3 is 19.8 Å². The molecule has 0 saturated carbocycles. The van der Waals surface area contributed by atoms with Crippen LogP contribution in [-0.4, -0.2) is 74.7 Å². The summed E-state index contributed by atoms with van der Waals surface area (Å²) in [7, 11) is -5.07. The lowest BCUT2D eigenvalue weighted by Gasteiger charge is -2.24. The molecular weight excluding hydrogens is 653 g/mol. The average molecular weight is 753 g/mol. The molecule has 50 heavy (non-hydrogen) atoms. The smallest absolute Gasteiger partial charge is 0.462 e. The Hall–Kier alpha value is -0.990. The van der Waals surface area contributed by atoms with Gasteiger partial charge in [-0.25, -0.2) is 4.57 Å². The summed E-state index contributed by atoms with van der Waals surface area (Å²) < 4.78 is 100. The number of nitrogens with zero attached hydrogens (tertiary/aromatic N) is 1. The van der Waals surface area contributed by atoms with Gasteiger partial charge in [0.15, 0.2) is 6.10 Å². The van der Waals surface area contributed by atoms with E-state index in [1.54, 1.807) is 0 Å². The molecular formula is C40H81NO8P+. The molecule has 0 aliphatic carbocycles. The fourth-order valence-corrected chi connectivity index (χ4v) is 6.44. The molecule has 0 aliphatic heterocycles. The number of ether oxygens (including phenoxy) is 2. The highest BCUT2D eigenvalue weighted by molar-refractivity contribution is 7.47. The molecule has 1 N–H and O–H groups in total. The highest BCUT2D eigenvalue weighted by atomic mass is 31.2. The van der Waals surface area contributed by atoms with Crippen molar-refractivity contribution in [2.75, 3.05) is 47.3 Å². The molecule has 0 aromatic heterocycles. The molecule has 9 nitrogen and oxygen atoms in total. The van der Waals surface area contributed by atoms with E-state index < -0.39 is 77.6 Å². The first-order chi connectivity index (χ1) is 27.7. The number of rotatable bonds is 38. The van der Waals surface area contributed by atoms with Gasteiger partial charge in [-0.3, -0.25) is 18.6 Å². The van der Waals surface area contributed by atoms with Crippen LogP contribution in [0.15, 0.2) is 0 Å². The van der Waals surface area contributed by atoms with Gasteiger partial charge in [-0.05, 0) is 12.8 Å². The maximum atomic E-state index is 12.8. The van der Waals surface area contributed by atoms with Crippen LogP contribution in [0, 0.1) is 0 Å². The first-order valence-corrected chi connectivity index (χ1v) is 21.6. The molecule has 0 saturated heterocycles. The van der Waals surface area contributed by atoms with Crippen LogP contribution in [0.2, 0.25) is 0 Å². The van der Waals surface area contributed by atoms with Crippen molar-refractivity contribution in [3.8, 4) is 0 Å². The molecule has 0 aromatic carbocycles. The predicted molar refractivity (Wildman–Crippen MR) is 206 cm³/mol. The Morgan fingerprint density at radius 2 is 0.960 bits per heavy atom. The number of hydrogen-bond acceptors (Lipinski definition) is 7. The summed E-state index contributed by atoms with van der Waals surface area (Å²) in [5.74, 6) is -1.14. The first kappa shape index (κ1) is 34.8. The summed E-state index contributed by atoms with van der Waals surface area (Å²) in [5, 5.41) is 0. The van der Waals surface area contributed by atoms with Crippen LogP contribution < -0.4 is 0 Å². The van der Waals surface area contributed by atoms with Gasteiger partial charge in [0, 0.05) is 12.8 Å². The van der Waals surface area contributed by atoms with Gasteiger partial charge < -0.3 is 18.9 Å². The lowest BCUT2D eigenvalue weighted by molar-refractivity contribution is -0.870. The topological polar surface area (TPSA) is 108 Å². The standard InChI is InChI=1S/C40H80NO8P/c1-6-8-10-12-14-16-18-20-22-24-26-28-30-32-39(42)46-36-38(37-48-50(44,45)47-35-34-41(3,4)5)49-40(43)33-31-29-27-25-23-21-19-17-15-13-11-9-7-2/h38H,6-37H2,1-5H3/p+1/t38-/m1/s1/i3T3,4T3,5T3. The van der Waals surface area contributed by atoms with E-state index in [2.05, 4.69) is 13.8 Å². The lowest BCUT2D eigenvalue weighted by Crippen LogP contribution is -2.37. The molecule has 2 atom stereocenters. The van der Waals surface area contributed by atoms with E-state index in [1.165, 1.54) is 109 Å². The van der Waals surface area contributed by atoms with Gasteiger partial charge in [-0.15, -0.1) is 0 Å². The van der Waals surface area contributed by atoms with Crippen molar-refractivity contribution in [1.29, 1.82) is 0 Å². The van der Waals surface area contributed by atoms with Crippen molar-refractivity contribution in [3.05, 3.63) is 0 Å². The fourth-order valence-electron chi connectivity index (χ4n) is 5.70. The van der Waals surface area contributed by atoms with Gasteiger partial charge in [0.2, 0.25) is 0 Å². The zero-order valence-electron chi connectivity index (χ0n) is 40.9. The van der Waals surface area contributed by atoms with Crippen LogP contribution in [-0.2, 0) is 32.7 Å². The summed E-state index contributed by atoms with van der Waals surface area (Å²) in [6.45, 7) is -9.76. The largest absolute Gasteiger partial charge is 0.472 e. The van der Waals surface area contributed by atoms with Crippen LogP contribution >= 0.6 is 7.82 Å². The van der Waals surface area contributed by atoms with Crippen molar-refractivity contribution in [3.63, 3.8) is 0 Å². The Bertz CT molecular complexity index is 1090. The minimum atomic E-state index is -5.07.